The monoisotopic (exact) mass is 266 g/mol. The number of hydrogen-bond acceptors (Lipinski definition) is 5. The number of urea groups is 1. The van der Waals surface area contributed by atoms with E-state index in [0.717, 1.165) is 0 Å². The summed E-state index contributed by atoms with van der Waals surface area (Å²) in [6.45, 7) is 0. The van der Waals surface area contributed by atoms with E-state index >= 15 is 0 Å². The summed E-state index contributed by atoms with van der Waals surface area (Å²) >= 11 is 6.00. The first-order valence-electron chi connectivity index (χ1n) is 4.99. The number of carbonyl (C=O) groups is 3. The van der Waals surface area contributed by atoms with Gasteiger partial charge in [-0.3, -0.25) is 25.1 Å². The van der Waals surface area contributed by atoms with Gasteiger partial charge in [0, 0.05) is 11.8 Å². The Kier molecular flexibility index (Phi) is 1.89. The molecule has 0 aromatic carbocycles. The van der Waals surface area contributed by atoms with Crippen molar-refractivity contribution in [3.63, 3.8) is 0 Å². The van der Waals surface area contributed by atoms with E-state index in [0.29, 0.717) is 11.4 Å². The zero-order valence-electron chi connectivity index (χ0n) is 8.86. The Bertz CT molecular complexity index is 606. The molecule has 18 heavy (non-hydrogen) atoms. The summed E-state index contributed by atoms with van der Waals surface area (Å²) in [5.74, 6) is -1.33. The van der Waals surface area contributed by atoms with Crippen LogP contribution in [0.15, 0.2) is 34.8 Å². The molecule has 3 rings (SSSR count). The number of hydrogen-bond donors (Lipinski definition) is 3. The van der Waals surface area contributed by atoms with E-state index < -0.39 is 23.4 Å². The minimum atomic E-state index is -1.82. The average Bonchev–Trinajstić information content (AvgIpc) is 2.67. The van der Waals surface area contributed by atoms with E-state index in [1.54, 1.807) is 0 Å². The van der Waals surface area contributed by atoms with E-state index in [1.807, 2.05) is 5.32 Å². The lowest BCUT2D eigenvalue weighted by Crippen LogP contribution is -2.61. The van der Waals surface area contributed by atoms with E-state index in [9.17, 15) is 14.4 Å². The second-order valence-electron chi connectivity index (χ2n) is 4.00. The number of carbonyl (C=O) groups excluding carboxylic acids is 3. The Balaban J connectivity index is 2.17. The molecule has 1 unspecified atom stereocenters. The lowest BCUT2D eigenvalue weighted by Gasteiger charge is -2.34. The number of nitrogens with one attached hydrogen (secondary N) is 2. The van der Waals surface area contributed by atoms with Crippen LogP contribution in [0.1, 0.15) is 0 Å². The molecule has 3 amide bonds. The highest BCUT2D eigenvalue weighted by Gasteiger charge is 2.61. The molecule has 0 bridgehead atoms. The highest BCUT2D eigenvalue weighted by atomic mass is 35.5. The number of nitrogens with two attached hydrogens (primary N) is 1. The van der Waals surface area contributed by atoms with Gasteiger partial charge in [0.15, 0.2) is 0 Å². The third-order valence-corrected chi connectivity index (χ3v) is 3.17. The molecule has 0 saturated carbocycles. The van der Waals surface area contributed by atoms with Gasteiger partial charge in [0.05, 0.1) is 5.70 Å². The molecule has 7 nitrogen and oxygen atoms in total. The number of rotatable bonds is 0. The number of allylic oxidation sites excluding steroid dienone is 2. The van der Waals surface area contributed by atoms with E-state index in [-0.39, 0.29) is 5.16 Å². The standard InChI is InChI=1S/C10H7ClN4O3/c11-7-2-4(12)1-5-3-6(16)10(15(5)7)8(17)13-9(18)14-10/h1-3H,12H2,(H2,13,14,17,18). The first-order valence-corrected chi connectivity index (χ1v) is 5.37. The van der Waals surface area contributed by atoms with Crippen molar-refractivity contribution < 1.29 is 14.4 Å². The van der Waals surface area contributed by atoms with Crippen LogP contribution in [0.3, 0.4) is 0 Å². The molecule has 8 heteroatoms. The molecule has 0 radical (unpaired) electrons. The first-order chi connectivity index (χ1) is 8.45. The zero-order chi connectivity index (χ0) is 13.1. The number of imide groups is 1. The second kappa shape index (κ2) is 3.14. The molecule has 0 aliphatic carbocycles. The van der Waals surface area contributed by atoms with Crippen LogP contribution in [0.5, 0.6) is 0 Å². The molecule has 4 N–H and O–H groups in total. The number of nitrogens with zero attached hydrogens (tertiary/aromatic N) is 1. The van der Waals surface area contributed by atoms with Gasteiger partial charge in [-0.1, -0.05) is 11.6 Å². The van der Waals surface area contributed by atoms with Crippen LogP contribution in [0.4, 0.5) is 4.79 Å². The maximum Gasteiger partial charge on any atom is 0.324 e. The van der Waals surface area contributed by atoms with Crippen LogP contribution >= 0.6 is 11.6 Å². The molecule has 3 aliphatic rings. The fourth-order valence-corrected chi connectivity index (χ4v) is 2.54. The second-order valence-corrected chi connectivity index (χ2v) is 4.39. The van der Waals surface area contributed by atoms with Crippen molar-refractivity contribution in [1.82, 2.24) is 15.5 Å². The zero-order valence-corrected chi connectivity index (χ0v) is 9.62. The lowest BCUT2D eigenvalue weighted by atomic mass is 10.1. The summed E-state index contributed by atoms with van der Waals surface area (Å²) in [5.41, 5.74) is 4.51. The summed E-state index contributed by atoms with van der Waals surface area (Å²) in [6.07, 6.45) is 4.11. The largest absolute Gasteiger partial charge is 0.399 e. The van der Waals surface area contributed by atoms with Gasteiger partial charge in [-0.05, 0) is 12.2 Å². The summed E-state index contributed by atoms with van der Waals surface area (Å²) in [6, 6.07) is -0.741. The van der Waals surface area contributed by atoms with Crippen molar-refractivity contribution in [1.29, 1.82) is 0 Å². The van der Waals surface area contributed by atoms with Gasteiger partial charge in [0.25, 0.3) is 11.6 Å². The van der Waals surface area contributed by atoms with Crippen molar-refractivity contribution in [2.24, 2.45) is 5.73 Å². The predicted molar refractivity (Wildman–Crippen MR) is 60.5 cm³/mol. The van der Waals surface area contributed by atoms with Gasteiger partial charge in [-0.2, -0.15) is 0 Å². The summed E-state index contributed by atoms with van der Waals surface area (Å²) in [4.78, 5) is 36.4. The van der Waals surface area contributed by atoms with E-state index in [4.69, 9.17) is 17.3 Å². The smallest absolute Gasteiger partial charge is 0.324 e. The number of ketones is 1. The fourth-order valence-electron chi connectivity index (χ4n) is 2.19. The maximum absolute atomic E-state index is 12.0. The van der Waals surface area contributed by atoms with Gasteiger partial charge in [-0.25, -0.2) is 4.79 Å². The van der Waals surface area contributed by atoms with Crippen molar-refractivity contribution in [2.75, 3.05) is 0 Å². The quantitative estimate of drug-likeness (QED) is 0.303. The number of amides is 3. The third kappa shape index (κ3) is 1.11. The van der Waals surface area contributed by atoms with Gasteiger partial charge in [0.1, 0.15) is 5.16 Å². The molecule has 0 aromatic heterocycles. The SMILES string of the molecule is NC1=CC2=CC(=O)C3(NC(=O)NC3=O)N2C(Cl)=C1. The van der Waals surface area contributed by atoms with Gasteiger partial charge in [-0.15, -0.1) is 0 Å². The summed E-state index contributed by atoms with van der Waals surface area (Å²) in [7, 11) is 0. The maximum atomic E-state index is 12.0. The molecule has 3 aliphatic heterocycles. The highest BCUT2D eigenvalue weighted by Crippen LogP contribution is 2.38. The van der Waals surface area contributed by atoms with Crippen LogP contribution in [-0.2, 0) is 9.59 Å². The third-order valence-electron chi connectivity index (χ3n) is 2.89. The van der Waals surface area contributed by atoms with Crippen molar-refractivity contribution in [2.45, 2.75) is 5.66 Å². The Hall–Kier alpha value is -2.28. The van der Waals surface area contributed by atoms with Crippen LogP contribution in [0, 0.1) is 0 Å². The Morgan fingerprint density at radius 1 is 1.22 bits per heavy atom. The summed E-state index contributed by atoms with van der Waals surface area (Å²) in [5, 5.41) is 4.41. The molecular weight excluding hydrogens is 260 g/mol. The lowest BCUT2D eigenvalue weighted by molar-refractivity contribution is -0.136. The van der Waals surface area contributed by atoms with Crippen LogP contribution in [0.25, 0.3) is 0 Å². The Morgan fingerprint density at radius 2 is 1.94 bits per heavy atom. The van der Waals surface area contributed by atoms with Gasteiger partial charge < -0.3 is 5.73 Å². The molecule has 1 spiro atoms. The van der Waals surface area contributed by atoms with Crippen molar-refractivity contribution >= 4 is 29.3 Å². The molecule has 92 valence electrons. The minimum Gasteiger partial charge on any atom is -0.399 e. The van der Waals surface area contributed by atoms with Crippen molar-refractivity contribution in [3.05, 3.63) is 34.8 Å². The fraction of sp³-hybridized carbons (Fsp3) is 0.100. The normalized spacial score (nSPS) is 29.7. The minimum absolute atomic E-state index is 0.0875. The Morgan fingerprint density at radius 3 is 2.56 bits per heavy atom. The predicted octanol–water partition coefficient (Wildman–Crippen LogP) is -0.773. The molecular formula is C10H7ClN4O3. The average molecular weight is 267 g/mol. The van der Waals surface area contributed by atoms with E-state index in [2.05, 4.69) is 5.32 Å². The van der Waals surface area contributed by atoms with Crippen LogP contribution in [0.2, 0.25) is 0 Å². The highest BCUT2D eigenvalue weighted by molar-refractivity contribution is 6.32. The first kappa shape index (κ1) is 10.8. The Labute approximate surface area is 106 Å². The van der Waals surface area contributed by atoms with Crippen LogP contribution < -0.4 is 16.4 Å². The molecule has 1 saturated heterocycles. The topological polar surface area (TPSA) is 105 Å². The van der Waals surface area contributed by atoms with Gasteiger partial charge >= 0.3 is 6.03 Å². The van der Waals surface area contributed by atoms with E-state index in [1.165, 1.54) is 23.1 Å². The molecule has 1 atom stereocenters. The molecule has 3 heterocycles. The number of fused-ring (bicyclic) bond motifs is 2. The van der Waals surface area contributed by atoms with Crippen molar-refractivity contribution in [3.8, 4) is 0 Å². The van der Waals surface area contributed by atoms with Crippen LogP contribution in [-0.4, -0.2) is 28.3 Å². The molecule has 1 fully saturated rings. The summed E-state index contributed by atoms with van der Waals surface area (Å²) < 4.78 is 0. The van der Waals surface area contributed by atoms with Gasteiger partial charge in [0.2, 0.25) is 5.78 Å². The molecule has 0 aromatic rings. The number of halogens is 1.